The van der Waals surface area contributed by atoms with E-state index < -0.39 is 0 Å². The topological polar surface area (TPSA) is 68.9 Å². The lowest BCUT2D eigenvalue weighted by molar-refractivity contribution is 0.964. The molecule has 43 heavy (non-hydrogen) atoms. The highest BCUT2D eigenvalue weighted by Crippen LogP contribution is 2.31. The summed E-state index contributed by atoms with van der Waals surface area (Å²) >= 11 is 0. The van der Waals surface area contributed by atoms with E-state index in [0.717, 1.165) is 61.4 Å². The molecule has 0 radical (unpaired) electrons. The Hall–Kier alpha value is -6.01. The second kappa shape index (κ2) is 10.4. The molecule has 3 aromatic carbocycles. The Kier molecular flexibility index (Phi) is 6.01. The molecule has 0 amide bonds. The van der Waals surface area contributed by atoms with Crippen LogP contribution in [0.15, 0.2) is 146 Å². The minimum atomic E-state index is 0.580. The Balaban J connectivity index is 1.24. The first kappa shape index (κ1) is 24.8. The van der Waals surface area contributed by atoms with E-state index in [2.05, 4.69) is 101 Å². The van der Waals surface area contributed by atoms with E-state index in [9.17, 15) is 0 Å². The van der Waals surface area contributed by atoms with E-state index in [0.29, 0.717) is 5.82 Å². The molecule has 8 aromatic rings. The van der Waals surface area contributed by atoms with Gasteiger partial charge in [-0.1, -0.05) is 72.8 Å². The molecule has 0 saturated heterocycles. The summed E-state index contributed by atoms with van der Waals surface area (Å²) in [4.78, 5) is 18.3. The van der Waals surface area contributed by atoms with Crippen LogP contribution in [0.1, 0.15) is 0 Å². The van der Waals surface area contributed by atoms with Crippen molar-refractivity contribution in [2.24, 2.45) is 0 Å². The Labute approximate surface area is 248 Å². The zero-order chi connectivity index (χ0) is 28.6. The van der Waals surface area contributed by atoms with Gasteiger partial charge in [0.25, 0.3) is 0 Å². The fourth-order valence-electron chi connectivity index (χ4n) is 5.39. The van der Waals surface area contributed by atoms with Gasteiger partial charge in [-0.25, -0.2) is 14.5 Å². The van der Waals surface area contributed by atoms with Gasteiger partial charge in [-0.2, -0.15) is 5.10 Å². The first-order chi connectivity index (χ1) is 21.3. The fraction of sp³-hybridized carbons (Fsp3) is 0. The maximum atomic E-state index is 5.03. The highest BCUT2D eigenvalue weighted by molar-refractivity contribution is 5.86. The first-order valence-electron chi connectivity index (χ1n) is 14.1. The lowest BCUT2D eigenvalue weighted by atomic mass is 10.0. The molecular formula is C37H24N6. The second-order valence-corrected chi connectivity index (χ2v) is 10.4. The molecule has 5 aromatic heterocycles. The number of nitrogens with zero attached hydrogens (tertiary/aromatic N) is 6. The molecule has 0 aliphatic carbocycles. The van der Waals surface area contributed by atoms with E-state index in [-0.39, 0.29) is 0 Å². The summed E-state index contributed by atoms with van der Waals surface area (Å²) in [6.07, 6.45) is 9.29. The third-order valence-electron chi connectivity index (χ3n) is 7.67. The van der Waals surface area contributed by atoms with Crippen LogP contribution >= 0.6 is 0 Å². The summed E-state index contributed by atoms with van der Waals surface area (Å²) in [6.45, 7) is 0. The predicted octanol–water partition coefficient (Wildman–Crippen LogP) is 8.40. The minimum absolute atomic E-state index is 0.580. The molecule has 0 atom stereocenters. The van der Waals surface area contributed by atoms with Crippen molar-refractivity contribution in [2.45, 2.75) is 0 Å². The maximum Gasteiger partial charge on any atom is 0.181 e. The van der Waals surface area contributed by atoms with Crippen LogP contribution in [0.3, 0.4) is 0 Å². The summed E-state index contributed by atoms with van der Waals surface area (Å²) in [5.74, 6) is 0.580. The van der Waals surface area contributed by atoms with Gasteiger partial charge in [-0.05, 0) is 70.1 Å². The smallest absolute Gasteiger partial charge is 0.181 e. The summed E-state index contributed by atoms with van der Waals surface area (Å²) in [6, 6.07) is 39.5. The van der Waals surface area contributed by atoms with Crippen LogP contribution in [0.4, 0.5) is 0 Å². The average Bonchev–Trinajstić information content (AvgIpc) is 3.51. The summed E-state index contributed by atoms with van der Waals surface area (Å²) in [5, 5.41) is 7.19. The molecule has 0 saturated carbocycles. The van der Waals surface area contributed by atoms with Gasteiger partial charge < -0.3 is 0 Å². The molecule has 0 aliphatic heterocycles. The van der Waals surface area contributed by atoms with Gasteiger partial charge in [0.2, 0.25) is 0 Å². The standard InChI is InChI=1S/C37H24N6/c1-2-4-32-24-43-33(21-31(32)3-1)22-36(42-43)37-40-34(29-9-5-25(6-10-29)27-13-17-38-18-14-27)23-35(41-37)30-11-7-26(8-12-30)28-15-19-39-20-16-28/h1-24H. The van der Waals surface area contributed by atoms with Gasteiger partial charge in [0, 0.05) is 47.5 Å². The molecule has 0 unspecified atom stereocenters. The molecule has 0 spiro atoms. The minimum Gasteiger partial charge on any atom is -0.265 e. The quantitative estimate of drug-likeness (QED) is 0.214. The van der Waals surface area contributed by atoms with Gasteiger partial charge in [0.1, 0.15) is 5.69 Å². The number of fused-ring (bicyclic) bond motifs is 2. The SMILES string of the molecule is c1ccc2cn3nc(-c4nc(-c5ccc(-c6ccncc6)cc5)cc(-c5ccc(-c6ccncc6)cc5)n4)cc3cc2c1. The lowest BCUT2D eigenvalue weighted by Crippen LogP contribution is -1.97. The van der Waals surface area contributed by atoms with Crippen LogP contribution in [0.2, 0.25) is 0 Å². The Morgan fingerprint density at radius 2 is 0.907 bits per heavy atom. The summed E-state index contributed by atoms with van der Waals surface area (Å²) in [5.41, 5.74) is 9.89. The highest BCUT2D eigenvalue weighted by Gasteiger charge is 2.14. The Morgan fingerprint density at radius 3 is 1.47 bits per heavy atom. The zero-order valence-corrected chi connectivity index (χ0v) is 23.0. The first-order valence-corrected chi connectivity index (χ1v) is 14.1. The second-order valence-electron chi connectivity index (χ2n) is 10.4. The molecule has 0 bridgehead atoms. The van der Waals surface area contributed by atoms with Crippen LogP contribution in [-0.2, 0) is 0 Å². The van der Waals surface area contributed by atoms with Gasteiger partial charge in [0.15, 0.2) is 5.82 Å². The maximum absolute atomic E-state index is 5.03. The van der Waals surface area contributed by atoms with E-state index in [1.165, 1.54) is 5.39 Å². The summed E-state index contributed by atoms with van der Waals surface area (Å²) in [7, 11) is 0. The predicted molar refractivity (Wildman–Crippen MR) is 171 cm³/mol. The third kappa shape index (κ3) is 4.81. The Morgan fingerprint density at radius 1 is 0.419 bits per heavy atom. The zero-order valence-electron chi connectivity index (χ0n) is 23.0. The number of hydrogen-bond acceptors (Lipinski definition) is 5. The van der Waals surface area contributed by atoms with Crippen LogP contribution < -0.4 is 0 Å². The normalized spacial score (nSPS) is 11.3. The van der Waals surface area contributed by atoms with Crippen LogP contribution in [0.25, 0.3) is 72.6 Å². The van der Waals surface area contributed by atoms with Crippen LogP contribution in [0.5, 0.6) is 0 Å². The fourth-order valence-corrected chi connectivity index (χ4v) is 5.39. The Bertz CT molecular complexity index is 2050. The van der Waals surface area contributed by atoms with Gasteiger partial charge in [0.05, 0.1) is 16.9 Å². The van der Waals surface area contributed by atoms with Crippen molar-refractivity contribution in [2.75, 3.05) is 0 Å². The lowest BCUT2D eigenvalue weighted by Gasteiger charge is -2.10. The molecule has 202 valence electrons. The number of benzene rings is 3. The molecular weight excluding hydrogens is 528 g/mol. The molecule has 6 nitrogen and oxygen atoms in total. The van der Waals surface area contributed by atoms with Crippen molar-refractivity contribution < 1.29 is 0 Å². The highest BCUT2D eigenvalue weighted by atomic mass is 15.2. The number of pyridine rings is 3. The van der Waals surface area contributed by atoms with E-state index in [4.69, 9.17) is 15.1 Å². The van der Waals surface area contributed by atoms with Crippen molar-refractivity contribution in [3.63, 3.8) is 0 Å². The van der Waals surface area contributed by atoms with Gasteiger partial charge in [-0.15, -0.1) is 0 Å². The van der Waals surface area contributed by atoms with Crippen molar-refractivity contribution in [1.82, 2.24) is 29.5 Å². The molecule has 5 heterocycles. The number of rotatable bonds is 5. The third-order valence-corrected chi connectivity index (χ3v) is 7.67. The monoisotopic (exact) mass is 552 g/mol. The van der Waals surface area contributed by atoms with E-state index >= 15 is 0 Å². The van der Waals surface area contributed by atoms with E-state index in [1.54, 1.807) is 0 Å². The molecule has 8 rings (SSSR count). The molecule has 0 aliphatic rings. The largest absolute Gasteiger partial charge is 0.265 e. The van der Waals surface area contributed by atoms with Crippen LogP contribution in [-0.4, -0.2) is 29.5 Å². The van der Waals surface area contributed by atoms with Gasteiger partial charge >= 0.3 is 0 Å². The van der Waals surface area contributed by atoms with Crippen molar-refractivity contribution in [1.29, 1.82) is 0 Å². The molecule has 6 heteroatoms. The van der Waals surface area contributed by atoms with E-state index in [1.807, 2.05) is 59.6 Å². The molecule has 0 fully saturated rings. The molecule has 0 N–H and O–H groups in total. The van der Waals surface area contributed by atoms with Gasteiger partial charge in [-0.3, -0.25) is 9.97 Å². The van der Waals surface area contributed by atoms with Crippen molar-refractivity contribution in [3.05, 3.63) is 146 Å². The average molecular weight is 553 g/mol. The van der Waals surface area contributed by atoms with Crippen molar-refractivity contribution in [3.8, 4) is 56.3 Å². The van der Waals surface area contributed by atoms with Crippen LogP contribution in [0, 0.1) is 0 Å². The summed E-state index contributed by atoms with van der Waals surface area (Å²) < 4.78 is 1.90. The number of aromatic nitrogens is 6. The van der Waals surface area contributed by atoms with Crippen molar-refractivity contribution >= 4 is 16.3 Å². The number of hydrogen-bond donors (Lipinski definition) is 0.